The molecule has 3 aromatic rings. The maximum atomic E-state index is 14.2. The third-order valence-electron chi connectivity index (χ3n) is 6.52. The van der Waals surface area contributed by atoms with E-state index in [-0.39, 0.29) is 23.8 Å². The Morgan fingerprint density at radius 3 is 1.98 bits per heavy atom. The number of benzene rings is 3. The van der Waals surface area contributed by atoms with Crippen LogP contribution >= 0.6 is 0 Å². The quantitative estimate of drug-likeness (QED) is 0.322. The lowest BCUT2D eigenvalue weighted by Crippen LogP contribution is -2.56. The number of amides is 3. The molecule has 0 aliphatic carbocycles. The normalized spacial score (nSPS) is 13.2. The molecule has 7 nitrogen and oxygen atoms in total. The van der Waals surface area contributed by atoms with Crippen molar-refractivity contribution in [3.8, 4) is 0 Å². The monoisotopic (exact) mass is 545 g/mol. The van der Waals surface area contributed by atoms with E-state index in [1.54, 1.807) is 25.7 Å². The Balaban J connectivity index is 2.05. The predicted octanol–water partition coefficient (Wildman–Crippen LogP) is 6.92. The van der Waals surface area contributed by atoms with E-state index in [9.17, 15) is 14.4 Å². The van der Waals surface area contributed by atoms with Crippen molar-refractivity contribution in [2.24, 2.45) is 5.92 Å². The Bertz CT molecular complexity index is 1350. The van der Waals surface area contributed by atoms with Crippen LogP contribution in [0.2, 0.25) is 0 Å². The predicted molar refractivity (Wildman–Crippen MR) is 161 cm³/mol. The molecule has 214 valence electrons. The zero-order valence-corrected chi connectivity index (χ0v) is 25.2. The smallest absolute Gasteiger partial charge is 0.408 e. The van der Waals surface area contributed by atoms with Gasteiger partial charge in [-0.2, -0.15) is 0 Å². The first-order valence-corrected chi connectivity index (χ1v) is 13.9. The van der Waals surface area contributed by atoms with E-state index in [1.807, 2.05) is 102 Å². The van der Waals surface area contributed by atoms with Gasteiger partial charge in [-0.1, -0.05) is 73.5 Å². The van der Waals surface area contributed by atoms with E-state index in [0.29, 0.717) is 11.3 Å². The minimum absolute atomic E-state index is 0.246. The topological polar surface area (TPSA) is 87.7 Å². The fraction of sp³-hybridized carbons (Fsp3) is 0.424. The van der Waals surface area contributed by atoms with Gasteiger partial charge < -0.3 is 20.3 Å². The van der Waals surface area contributed by atoms with E-state index in [1.165, 1.54) is 0 Å². The second-order valence-corrected chi connectivity index (χ2v) is 12.1. The molecule has 0 fully saturated rings. The molecule has 0 spiro atoms. The van der Waals surface area contributed by atoms with Crippen LogP contribution in [0, 0.1) is 19.8 Å². The summed E-state index contributed by atoms with van der Waals surface area (Å²) in [5.74, 6) is -0.930. The largest absolute Gasteiger partial charge is 0.444 e. The summed E-state index contributed by atoms with van der Waals surface area (Å²) in [6.07, 6.45) is -0.674. The van der Waals surface area contributed by atoms with Crippen molar-refractivity contribution in [1.82, 2.24) is 10.2 Å². The Morgan fingerprint density at radius 1 is 0.825 bits per heavy atom. The molecule has 7 heteroatoms. The van der Waals surface area contributed by atoms with Crippen LogP contribution in [0.1, 0.15) is 71.2 Å². The SMILES string of the molecule is Cc1cc(C)cc(C(C(=O)Nc2ccc3ccccc3c2)N(C(=O)C(NC(=O)OC(C)(C)C)C(C)C)C(C)C)c1. The number of alkyl carbamates (subject to hydrolysis) is 1. The number of carbonyl (C=O) groups is 3. The summed E-state index contributed by atoms with van der Waals surface area (Å²) in [6, 6.07) is 17.4. The summed E-state index contributed by atoms with van der Waals surface area (Å²) in [4.78, 5) is 42.6. The number of hydrogen-bond donors (Lipinski definition) is 2. The highest BCUT2D eigenvalue weighted by Gasteiger charge is 2.39. The van der Waals surface area contributed by atoms with Gasteiger partial charge in [0, 0.05) is 11.7 Å². The summed E-state index contributed by atoms with van der Waals surface area (Å²) in [6.45, 7) is 16.7. The van der Waals surface area contributed by atoms with Crippen LogP contribution in [0.4, 0.5) is 10.5 Å². The Hall–Kier alpha value is -3.87. The van der Waals surface area contributed by atoms with E-state index in [4.69, 9.17) is 4.74 Å². The highest BCUT2D eigenvalue weighted by atomic mass is 16.6. The number of aryl methyl sites for hydroxylation is 2. The Labute approximate surface area is 238 Å². The van der Waals surface area contributed by atoms with Gasteiger partial charge in [-0.15, -0.1) is 0 Å². The van der Waals surface area contributed by atoms with Gasteiger partial charge in [-0.25, -0.2) is 4.79 Å². The fourth-order valence-corrected chi connectivity index (χ4v) is 4.87. The molecule has 0 aliphatic rings. The minimum atomic E-state index is -0.931. The van der Waals surface area contributed by atoms with Crippen LogP contribution < -0.4 is 10.6 Å². The lowest BCUT2D eigenvalue weighted by molar-refractivity contribution is -0.143. The maximum Gasteiger partial charge on any atom is 0.408 e. The molecule has 2 N–H and O–H groups in total. The van der Waals surface area contributed by atoms with Gasteiger partial charge in [0.05, 0.1) is 0 Å². The first-order chi connectivity index (χ1) is 18.7. The number of fused-ring (bicyclic) bond motifs is 1. The summed E-state index contributed by atoms with van der Waals surface area (Å²) in [7, 11) is 0. The van der Waals surface area contributed by atoms with Crippen molar-refractivity contribution in [2.45, 2.75) is 86.0 Å². The van der Waals surface area contributed by atoms with E-state index >= 15 is 0 Å². The minimum Gasteiger partial charge on any atom is -0.444 e. The van der Waals surface area contributed by atoms with Crippen molar-refractivity contribution < 1.29 is 19.1 Å². The molecule has 2 unspecified atom stereocenters. The number of nitrogens with zero attached hydrogens (tertiary/aromatic N) is 1. The number of carbonyl (C=O) groups excluding carboxylic acids is 3. The zero-order valence-electron chi connectivity index (χ0n) is 25.2. The van der Waals surface area contributed by atoms with Crippen molar-refractivity contribution in [3.05, 3.63) is 77.4 Å². The fourth-order valence-electron chi connectivity index (χ4n) is 4.87. The second-order valence-electron chi connectivity index (χ2n) is 12.1. The Kier molecular flexibility index (Phi) is 9.61. The van der Waals surface area contributed by atoms with Gasteiger partial charge in [-0.3, -0.25) is 9.59 Å². The molecule has 3 rings (SSSR count). The maximum absolute atomic E-state index is 14.2. The van der Waals surface area contributed by atoms with E-state index < -0.39 is 23.8 Å². The zero-order chi connectivity index (χ0) is 29.8. The molecule has 2 atom stereocenters. The summed E-state index contributed by atoms with van der Waals surface area (Å²) >= 11 is 0. The van der Waals surface area contributed by atoms with Crippen LogP contribution in [0.5, 0.6) is 0 Å². The van der Waals surface area contributed by atoms with Crippen molar-refractivity contribution in [3.63, 3.8) is 0 Å². The third-order valence-corrected chi connectivity index (χ3v) is 6.52. The molecule has 3 aromatic carbocycles. The van der Waals surface area contributed by atoms with Gasteiger partial charge in [0.2, 0.25) is 5.91 Å². The van der Waals surface area contributed by atoms with E-state index in [0.717, 1.165) is 21.9 Å². The van der Waals surface area contributed by atoms with Crippen LogP contribution in [0.15, 0.2) is 60.7 Å². The van der Waals surface area contributed by atoms with E-state index in [2.05, 4.69) is 10.6 Å². The molecular weight excluding hydrogens is 502 g/mol. The lowest BCUT2D eigenvalue weighted by Gasteiger charge is -2.38. The van der Waals surface area contributed by atoms with Crippen LogP contribution in [0.25, 0.3) is 10.8 Å². The molecule has 40 heavy (non-hydrogen) atoms. The number of nitrogens with one attached hydrogen (secondary N) is 2. The first-order valence-electron chi connectivity index (χ1n) is 13.9. The van der Waals surface area contributed by atoms with Gasteiger partial charge in [0.15, 0.2) is 0 Å². The Morgan fingerprint density at radius 2 is 1.43 bits per heavy atom. The third kappa shape index (κ3) is 7.84. The molecule has 0 radical (unpaired) electrons. The van der Waals surface area contributed by atoms with Gasteiger partial charge in [0.25, 0.3) is 5.91 Å². The molecule has 0 saturated heterocycles. The average molecular weight is 546 g/mol. The second kappa shape index (κ2) is 12.5. The van der Waals surface area contributed by atoms with Gasteiger partial charge >= 0.3 is 6.09 Å². The molecular formula is C33H43N3O4. The first kappa shape index (κ1) is 30.7. The molecule has 0 bridgehead atoms. The summed E-state index contributed by atoms with van der Waals surface area (Å²) in [5, 5.41) is 7.89. The highest BCUT2D eigenvalue weighted by Crippen LogP contribution is 2.29. The summed E-state index contributed by atoms with van der Waals surface area (Å²) in [5.41, 5.74) is 2.61. The number of hydrogen-bond acceptors (Lipinski definition) is 4. The van der Waals surface area contributed by atoms with Crippen LogP contribution in [-0.2, 0) is 14.3 Å². The lowest BCUT2D eigenvalue weighted by atomic mass is 9.95. The highest BCUT2D eigenvalue weighted by molar-refractivity contribution is 6.00. The summed E-state index contributed by atoms with van der Waals surface area (Å²) < 4.78 is 5.45. The van der Waals surface area contributed by atoms with Gasteiger partial charge in [0.1, 0.15) is 17.7 Å². The number of anilines is 1. The van der Waals surface area contributed by atoms with Gasteiger partial charge in [-0.05, 0) is 82.9 Å². The number of ether oxygens (including phenoxy) is 1. The van der Waals surface area contributed by atoms with Crippen LogP contribution in [-0.4, -0.2) is 40.5 Å². The molecule has 0 aromatic heterocycles. The van der Waals surface area contributed by atoms with Crippen molar-refractivity contribution in [1.29, 1.82) is 0 Å². The van der Waals surface area contributed by atoms with Crippen molar-refractivity contribution >= 4 is 34.4 Å². The number of rotatable bonds is 8. The average Bonchev–Trinajstić information content (AvgIpc) is 2.83. The standard InChI is InChI=1S/C33H43N3O4/c1-20(2)28(35-32(39)40-33(7,8)9)31(38)36(21(3)4)29(26-17-22(5)16-23(6)18-26)30(37)34-27-15-14-24-12-10-11-13-25(24)19-27/h10-21,28-29H,1-9H3,(H,34,37)(H,35,39). The molecule has 0 saturated carbocycles. The molecule has 3 amide bonds. The molecule has 0 aliphatic heterocycles. The van der Waals surface area contributed by atoms with Crippen LogP contribution in [0.3, 0.4) is 0 Å². The molecule has 0 heterocycles. The van der Waals surface area contributed by atoms with Crippen molar-refractivity contribution in [2.75, 3.05) is 5.32 Å².